The van der Waals surface area contributed by atoms with Crippen LogP contribution in [0.25, 0.3) is 0 Å². The number of aryl methyl sites for hydroxylation is 2. The molecule has 1 aliphatic heterocycles. The fourth-order valence-corrected chi connectivity index (χ4v) is 5.62. The minimum Gasteiger partial charge on any atom is -0.308 e. The molecule has 2 heterocycles. The number of amides is 1. The molecule has 27 heavy (non-hydrogen) atoms. The Bertz CT molecular complexity index is 923. The monoisotopic (exact) mass is 405 g/mol. The Morgan fingerprint density at radius 2 is 1.78 bits per heavy atom. The van der Waals surface area contributed by atoms with E-state index in [0.29, 0.717) is 11.6 Å². The van der Waals surface area contributed by atoms with Gasteiger partial charge in [0.2, 0.25) is 5.91 Å². The number of rotatable bonds is 5. The van der Waals surface area contributed by atoms with Crippen molar-refractivity contribution in [2.24, 2.45) is 0 Å². The van der Waals surface area contributed by atoms with E-state index < -0.39 is 9.84 Å². The average Bonchev–Trinajstić information content (AvgIpc) is 2.98. The van der Waals surface area contributed by atoms with Crippen LogP contribution in [0, 0.1) is 20.8 Å². The Balaban J connectivity index is 1.79. The molecule has 1 aromatic heterocycles. The lowest BCUT2D eigenvalue weighted by atomic mass is 10.2. The van der Waals surface area contributed by atoms with Crippen molar-refractivity contribution in [2.75, 3.05) is 22.2 Å². The Kier molecular flexibility index (Phi) is 5.86. The van der Waals surface area contributed by atoms with Gasteiger partial charge in [0.1, 0.15) is 0 Å². The molecule has 6 nitrogen and oxygen atoms in total. The molecule has 8 heteroatoms. The first kappa shape index (κ1) is 19.8. The predicted octanol–water partition coefficient (Wildman–Crippen LogP) is 2.71. The number of benzene rings is 1. The number of thioether (sulfide) groups is 1. The first-order valence-corrected chi connectivity index (χ1v) is 11.6. The second-order valence-electron chi connectivity index (χ2n) is 6.75. The highest BCUT2D eigenvalue weighted by atomic mass is 32.2. The molecule has 1 aliphatic rings. The fraction of sp³-hybridized carbons (Fsp3) is 0.421. The Morgan fingerprint density at radius 1 is 1.15 bits per heavy atom. The molecule has 3 rings (SSSR count). The van der Waals surface area contributed by atoms with E-state index in [4.69, 9.17) is 0 Å². The molecular formula is C19H23N3O3S2. The Hall–Kier alpha value is -1.93. The first-order chi connectivity index (χ1) is 12.8. The summed E-state index contributed by atoms with van der Waals surface area (Å²) in [4.78, 5) is 23.5. The van der Waals surface area contributed by atoms with E-state index in [1.54, 1.807) is 4.90 Å². The van der Waals surface area contributed by atoms with Crippen LogP contribution < -0.4 is 4.90 Å². The van der Waals surface area contributed by atoms with Crippen molar-refractivity contribution in [1.82, 2.24) is 9.97 Å². The zero-order chi connectivity index (χ0) is 19.6. The van der Waals surface area contributed by atoms with Gasteiger partial charge < -0.3 is 4.90 Å². The number of nitrogens with zero attached hydrogens (tertiary/aromatic N) is 3. The van der Waals surface area contributed by atoms with Gasteiger partial charge in [-0.2, -0.15) is 0 Å². The number of carbonyl (C=O) groups excluding carboxylic acids is 1. The van der Waals surface area contributed by atoms with E-state index in [1.807, 2.05) is 51.1 Å². The maximum absolute atomic E-state index is 13.0. The largest absolute Gasteiger partial charge is 0.308 e. The van der Waals surface area contributed by atoms with E-state index in [-0.39, 0.29) is 29.2 Å². The highest BCUT2D eigenvalue weighted by molar-refractivity contribution is 7.99. The highest BCUT2D eigenvalue weighted by Gasteiger charge is 2.35. The summed E-state index contributed by atoms with van der Waals surface area (Å²) in [5.41, 5.74) is 3.58. The molecule has 1 aromatic carbocycles. The van der Waals surface area contributed by atoms with Gasteiger partial charge in [0, 0.05) is 17.1 Å². The summed E-state index contributed by atoms with van der Waals surface area (Å²) in [6.07, 6.45) is 0.465. The summed E-state index contributed by atoms with van der Waals surface area (Å²) >= 11 is 1.28. The number of hydrogen-bond acceptors (Lipinski definition) is 6. The van der Waals surface area contributed by atoms with Crippen LogP contribution in [0.15, 0.2) is 35.5 Å². The molecule has 1 fully saturated rings. The summed E-state index contributed by atoms with van der Waals surface area (Å²) in [5, 5.41) is 0.566. The van der Waals surface area contributed by atoms with Crippen molar-refractivity contribution < 1.29 is 13.2 Å². The van der Waals surface area contributed by atoms with Crippen LogP contribution in [0.4, 0.5) is 5.69 Å². The van der Waals surface area contributed by atoms with Crippen LogP contribution in [0.2, 0.25) is 0 Å². The zero-order valence-electron chi connectivity index (χ0n) is 15.7. The molecule has 1 saturated heterocycles. The van der Waals surface area contributed by atoms with Crippen LogP contribution in [-0.2, 0) is 14.6 Å². The number of anilines is 1. The third-order valence-electron chi connectivity index (χ3n) is 4.81. The molecule has 0 aliphatic carbocycles. The van der Waals surface area contributed by atoms with E-state index in [9.17, 15) is 13.2 Å². The first-order valence-electron chi connectivity index (χ1n) is 8.79. The van der Waals surface area contributed by atoms with Crippen LogP contribution in [0.1, 0.15) is 23.4 Å². The van der Waals surface area contributed by atoms with Gasteiger partial charge in [-0.15, -0.1) is 0 Å². The number of sulfone groups is 1. The van der Waals surface area contributed by atoms with Crippen molar-refractivity contribution >= 4 is 33.2 Å². The third-order valence-corrected chi connectivity index (χ3v) is 7.40. The lowest BCUT2D eigenvalue weighted by Crippen LogP contribution is -2.42. The topological polar surface area (TPSA) is 80.2 Å². The normalized spacial score (nSPS) is 18.4. The summed E-state index contributed by atoms with van der Waals surface area (Å²) in [5.74, 6) is 0.166. The van der Waals surface area contributed by atoms with E-state index in [2.05, 4.69) is 9.97 Å². The lowest BCUT2D eigenvalue weighted by molar-refractivity contribution is -0.116. The van der Waals surface area contributed by atoms with Gasteiger partial charge in [-0.25, -0.2) is 18.4 Å². The minimum atomic E-state index is -3.09. The minimum absolute atomic E-state index is 0.0115. The molecule has 0 saturated carbocycles. The SMILES string of the molecule is Cc1nc(SCC(=O)N(c2ccccc2)[C@@H]2CCS(=O)(=O)C2)nc(C)c1C. The van der Waals surface area contributed by atoms with Gasteiger partial charge in [0.15, 0.2) is 15.0 Å². The van der Waals surface area contributed by atoms with Crippen molar-refractivity contribution in [2.45, 2.75) is 38.4 Å². The van der Waals surface area contributed by atoms with Crippen molar-refractivity contribution in [3.05, 3.63) is 47.3 Å². The fourth-order valence-electron chi connectivity index (χ4n) is 3.13. The van der Waals surface area contributed by atoms with Gasteiger partial charge in [0.25, 0.3) is 0 Å². The molecule has 144 valence electrons. The number of hydrogen-bond donors (Lipinski definition) is 0. The third kappa shape index (κ3) is 4.68. The Labute approximate surface area is 164 Å². The molecular weight excluding hydrogens is 382 g/mol. The van der Waals surface area contributed by atoms with Gasteiger partial charge >= 0.3 is 0 Å². The molecule has 0 spiro atoms. The maximum atomic E-state index is 13.0. The predicted molar refractivity (Wildman–Crippen MR) is 108 cm³/mol. The lowest BCUT2D eigenvalue weighted by Gasteiger charge is -2.28. The van der Waals surface area contributed by atoms with Crippen LogP contribution >= 0.6 is 11.8 Å². The molecule has 0 unspecified atom stereocenters. The second-order valence-corrected chi connectivity index (χ2v) is 9.92. The number of aromatic nitrogens is 2. The van der Waals surface area contributed by atoms with E-state index in [0.717, 1.165) is 22.6 Å². The summed E-state index contributed by atoms with van der Waals surface area (Å²) < 4.78 is 23.8. The maximum Gasteiger partial charge on any atom is 0.237 e. The van der Waals surface area contributed by atoms with Crippen LogP contribution in [0.3, 0.4) is 0 Å². The zero-order valence-corrected chi connectivity index (χ0v) is 17.3. The average molecular weight is 406 g/mol. The van der Waals surface area contributed by atoms with Crippen LogP contribution in [0.5, 0.6) is 0 Å². The van der Waals surface area contributed by atoms with Gasteiger partial charge in [-0.1, -0.05) is 30.0 Å². The van der Waals surface area contributed by atoms with Crippen molar-refractivity contribution in [3.8, 4) is 0 Å². The van der Waals surface area contributed by atoms with Gasteiger partial charge in [-0.05, 0) is 44.9 Å². The molecule has 2 aromatic rings. The quantitative estimate of drug-likeness (QED) is 0.562. The van der Waals surface area contributed by atoms with E-state index in [1.165, 1.54) is 11.8 Å². The van der Waals surface area contributed by atoms with E-state index >= 15 is 0 Å². The standard InChI is InChI=1S/C19H23N3O3S2/c1-13-14(2)20-19(21-15(13)3)26-11-18(23)22(16-7-5-4-6-8-16)17-9-10-27(24,25)12-17/h4-8,17H,9-12H2,1-3H3/t17-/m1/s1. The summed E-state index contributed by atoms with van der Waals surface area (Å²) in [6.45, 7) is 5.83. The number of carbonyl (C=O) groups is 1. The summed E-state index contributed by atoms with van der Waals surface area (Å²) in [7, 11) is -3.09. The smallest absolute Gasteiger partial charge is 0.237 e. The Morgan fingerprint density at radius 3 is 2.33 bits per heavy atom. The molecule has 1 atom stereocenters. The van der Waals surface area contributed by atoms with Crippen LogP contribution in [-0.4, -0.2) is 47.6 Å². The second kappa shape index (κ2) is 7.98. The van der Waals surface area contributed by atoms with Crippen molar-refractivity contribution in [3.63, 3.8) is 0 Å². The van der Waals surface area contributed by atoms with Gasteiger partial charge in [-0.3, -0.25) is 4.79 Å². The molecule has 1 amide bonds. The van der Waals surface area contributed by atoms with Gasteiger partial charge in [0.05, 0.1) is 23.3 Å². The number of para-hydroxylation sites is 1. The molecule has 0 radical (unpaired) electrons. The summed E-state index contributed by atoms with van der Waals surface area (Å²) in [6, 6.07) is 8.92. The van der Waals surface area contributed by atoms with Crippen molar-refractivity contribution in [1.29, 1.82) is 0 Å². The highest BCUT2D eigenvalue weighted by Crippen LogP contribution is 2.26. The molecule has 0 N–H and O–H groups in total. The molecule has 0 bridgehead atoms.